The van der Waals surface area contributed by atoms with Gasteiger partial charge in [0.25, 0.3) is 0 Å². The Morgan fingerprint density at radius 2 is 1.68 bits per heavy atom. The van der Waals surface area contributed by atoms with E-state index >= 15 is 0 Å². The van der Waals surface area contributed by atoms with Gasteiger partial charge >= 0.3 is 0 Å². The molecular weight excluding hydrogens is 232 g/mol. The number of azo groups is 1. The average molecular weight is 254 g/mol. The highest BCUT2D eigenvalue weighted by Gasteiger charge is 2.72. The van der Waals surface area contributed by atoms with Gasteiger partial charge in [0.05, 0.1) is 11.1 Å². The second kappa shape index (κ2) is 3.47. The first-order valence-corrected chi connectivity index (χ1v) is 7.60. The summed E-state index contributed by atoms with van der Waals surface area (Å²) in [5.41, 5.74) is 1.90. The summed E-state index contributed by atoms with van der Waals surface area (Å²) in [5.74, 6) is 0.550. The van der Waals surface area contributed by atoms with Crippen LogP contribution in [0.2, 0.25) is 0 Å². The second-order valence-electron chi connectivity index (χ2n) is 7.08. The van der Waals surface area contributed by atoms with E-state index in [-0.39, 0.29) is 11.1 Å². The lowest BCUT2D eigenvalue weighted by molar-refractivity contribution is 0.145. The van der Waals surface area contributed by atoms with Crippen LogP contribution in [0.5, 0.6) is 0 Å². The minimum atomic E-state index is 0.0274. The Labute approximate surface area is 115 Å². The minimum Gasteiger partial charge on any atom is -0.186 e. The van der Waals surface area contributed by atoms with Gasteiger partial charge in [0.1, 0.15) is 0 Å². The van der Waals surface area contributed by atoms with E-state index < -0.39 is 0 Å². The van der Waals surface area contributed by atoms with Crippen LogP contribution in [0.4, 0.5) is 0 Å². The summed E-state index contributed by atoms with van der Waals surface area (Å²) in [6.07, 6.45) is 6.53. The van der Waals surface area contributed by atoms with Crippen molar-refractivity contribution >= 4 is 0 Å². The molecule has 0 saturated heterocycles. The van der Waals surface area contributed by atoms with Gasteiger partial charge in [-0.25, -0.2) is 0 Å². The molecule has 2 nitrogen and oxygen atoms in total. The van der Waals surface area contributed by atoms with Gasteiger partial charge in [0.2, 0.25) is 0 Å². The summed E-state index contributed by atoms with van der Waals surface area (Å²) >= 11 is 0. The molecule has 0 unspecified atom stereocenters. The van der Waals surface area contributed by atoms with Gasteiger partial charge in [-0.15, -0.1) is 0 Å². The minimum absolute atomic E-state index is 0.0274. The van der Waals surface area contributed by atoms with Gasteiger partial charge in [0, 0.05) is 11.3 Å². The van der Waals surface area contributed by atoms with Gasteiger partial charge in [-0.1, -0.05) is 43.2 Å². The van der Waals surface area contributed by atoms with Crippen molar-refractivity contribution in [3.05, 3.63) is 35.9 Å². The van der Waals surface area contributed by atoms with E-state index in [1.165, 1.54) is 37.7 Å². The van der Waals surface area contributed by atoms with Crippen molar-refractivity contribution < 1.29 is 0 Å². The van der Waals surface area contributed by atoms with Crippen LogP contribution in [-0.4, -0.2) is 11.1 Å². The molecule has 19 heavy (non-hydrogen) atoms. The van der Waals surface area contributed by atoms with Gasteiger partial charge < -0.3 is 0 Å². The second-order valence-corrected chi connectivity index (χ2v) is 7.08. The molecule has 0 N–H and O–H groups in total. The Morgan fingerprint density at radius 1 is 1.00 bits per heavy atom. The topological polar surface area (TPSA) is 24.7 Å². The molecule has 4 rings (SSSR count). The highest BCUT2D eigenvalue weighted by Crippen LogP contribution is 2.72. The largest absolute Gasteiger partial charge is 0.186 e. The number of hydrogen-bond acceptors (Lipinski definition) is 2. The number of nitrogens with zero attached hydrogens (tertiary/aromatic N) is 2. The van der Waals surface area contributed by atoms with Crippen LogP contribution in [-0.2, 0) is 0 Å². The highest BCUT2D eigenvalue weighted by molar-refractivity contribution is 5.37. The van der Waals surface area contributed by atoms with Gasteiger partial charge in [0.15, 0.2) is 0 Å². The first-order chi connectivity index (χ1) is 9.11. The number of rotatable bonds is 1. The molecule has 1 aliphatic heterocycles. The Bertz CT molecular complexity index is 529. The van der Waals surface area contributed by atoms with Crippen LogP contribution in [0.3, 0.4) is 0 Å². The lowest BCUT2D eigenvalue weighted by Crippen LogP contribution is -2.45. The van der Waals surface area contributed by atoms with Gasteiger partial charge in [-0.3, -0.25) is 0 Å². The summed E-state index contributed by atoms with van der Waals surface area (Å²) < 4.78 is 0. The predicted molar refractivity (Wildman–Crippen MR) is 76.4 cm³/mol. The van der Waals surface area contributed by atoms with Crippen LogP contribution in [0.25, 0.3) is 0 Å². The van der Waals surface area contributed by atoms with Crippen molar-refractivity contribution in [3.63, 3.8) is 0 Å². The standard InChI is InChI=1S/C17H22N2/c1-15-12-14(13-8-4-3-5-9-13)16(2,19-18-15)17(15)10-6-7-11-17/h3-5,8-9,14H,6-7,10-12H2,1-2H3/t14-,15-,16+/m0/s1. The van der Waals surface area contributed by atoms with E-state index in [0.717, 1.165) is 0 Å². The molecule has 1 aromatic rings. The molecule has 1 spiro atoms. The molecule has 2 bridgehead atoms. The lowest BCUT2D eigenvalue weighted by atomic mass is 9.64. The van der Waals surface area contributed by atoms with Crippen molar-refractivity contribution in [1.82, 2.24) is 0 Å². The summed E-state index contributed by atoms with van der Waals surface area (Å²) in [4.78, 5) is 0. The van der Waals surface area contributed by atoms with E-state index in [9.17, 15) is 0 Å². The molecule has 0 aromatic heterocycles. The first-order valence-electron chi connectivity index (χ1n) is 7.60. The number of benzene rings is 1. The predicted octanol–water partition coefficient (Wildman–Crippen LogP) is 4.72. The highest BCUT2D eigenvalue weighted by atomic mass is 15.3. The Kier molecular flexibility index (Phi) is 2.13. The van der Waals surface area contributed by atoms with E-state index in [0.29, 0.717) is 11.3 Å². The lowest BCUT2D eigenvalue weighted by Gasteiger charge is -2.40. The van der Waals surface area contributed by atoms with Gasteiger partial charge in [-0.2, -0.15) is 10.2 Å². The molecule has 1 heterocycles. The summed E-state index contributed by atoms with van der Waals surface area (Å²) in [5, 5.41) is 9.57. The maximum absolute atomic E-state index is 4.83. The van der Waals surface area contributed by atoms with Crippen molar-refractivity contribution in [3.8, 4) is 0 Å². The quantitative estimate of drug-likeness (QED) is 0.693. The van der Waals surface area contributed by atoms with Crippen LogP contribution >= 0.6 is 0 Å². The first kappa shape index (κ1) is 11.6. The molecular formula is C17H22N2. The Balaban J connectivity index is 1.84. The van der Waals surface area contributed by atoms with E-state index in [2.05, 4.69) is 44.2 Å². The normalized spacial score (nSPS) is 42.3. The zero-order valence-corrected chi connectivity index (χ0v) is 11.9. The molecule has 100 valence electrons. The SMILES string of the molecule is C[C@@]12C[C@@H](c3ccccc3)[C@@](C)(N=N1)C21CCCC1. The maximum Gasteiger partial charge on any atom is 0.0936 e. The fraction of sp³-hybridized carbons (Fsp3) is 0.647. The molecule has 2 aliphatic carbocycles. The van der Waals surface area contributed by atoms with Crippen molar-refractivity contribution in [1.29, 1.82) is 0 Å². The van der Waals surface area contributed by atoms with E-state index in [4.69, 9.17) is 10.2 Å². The van der Waals surface area contributed by atoms with Crippen molar-refractivity contribution in [2.24, 2.45) is 15.6 Å². The van der Waals surface area contributed by atoms with Crippen LogP contribution in [0.1, 0.15) is 57.4 Å². The van der Waals surface area contributed by atoms with Crippen LogP contribution in [0, 0.1) is 5.41 Å². The zero-order valence-electron chi connectivity index (χ0n) is 11.9. The average Bonchev–Trinajstić information content (AvgIpc) is 3.06. The smallest absolute Gasteiger partial charge is 0.0936 e. The van der Waals surface area contributed by atoms with Crippen molar-refractivity contribution in [2.45, 2.75) is 62.9 Å². The summed E-state index contributed by atoms with van der Waals surface area (Å²) in [6, 6.07) is 11.0. The molecule has 3 atom stereocenters. The molecule has 3 aliphatic rings. The van der Waals surface area contributed by atoms with Gasteiger partial charge in [-0.05, 0) is 38.7 Å². The third kappa shape index (κ3) is 1.19. The Morgan fingerprint density at radius 3 is 2.37 bits per heavy atom. The molecule has 2 fully saturated rings. The summed E-state index contributed by atoms with van der Waals surface area (Å²) in [6.45, 7) is 4.73. The van der Waals surface area contributed by atoms with E-state index in [1.54, 1.807) is 0 Å². The van der Waals surface area contributed by atoms with Crippen LogP contribution < -0.4 is 0 Å². The fourth-order valence-corrected chi connectivity index (χ4v) is 5.34. The molecule has 1 aromatic carbocycles. The van der Waals surface area contributed by atoms with E-state index in [1.807, 2.05) is 0 Å². The molecule has 0 radical (unpaired) electrons. The zero-order chi connectivity index (χ0) is 13.1. The molecule has 2 heteroatoms. The third-order valence-electron chi connectivity index (χ3n) is 6.42. The summed E-state index contributed by atoms with van der Waals surface area (Å²) in [7, 11) is 0. The monoisotopic (exact) mass is 254 g/mol. The Hall–Kier alpha value is -1.18. The van der Waals surface area contributed by atoms with Crippen LogP contribution in [0.15, 0.2) is 40.6 Å². The fourth-order valence-electron chi connectivity index (χ4n) is 5.34. The molecule has 2 saturated carbocycles. The maximum atomic E-state index is 4.83. The molecule has 0 amide bonds. The van der Waals surface area contributed by atoms with Crippen molar-refractivity contribution in [2.75, 3.05) is 0 Å². The third-order valence-corrected chi connectivity index (χ3v) is 6.42. The number of hydrogen-bond donors (Lipinski definition) is 0.